The Balaban J connectivity index is 2.74. The number of esters is 1. The fourth-order valence-electron chi connectivity index (χ4n) is 3.13. The second-order valence-corrected chi connectivity index (χ2v) is 6.05. The van der Waals surface area contributed by atoms with E-state index in [4.69, 9.17) is 10.5 Å². The smallest absolute Gasteiger partial charge is 0.320 e. The summed E-state index contributed by atoms with van der Waals surface area (Å²) in [6.07, 6.45) is 3.57. The summed E-state index contributed by atoms with van der Waals surface area (Å²) in [7, 11) is 0. The van der Waals surface area contributed by atoms with E-state index in [1.54, 1.807) is 0 Å². The molecule has 0 radical (unpaired) electrons. The van der Waals surface area contributed by atoms with E-state index in [2.05, 4.69) is 25.7 Å². The van der Waals surface area contributed by atoms with Crippen LogP contribution in [0.2, 0.25) is 0 Å². The SMILES string of the molecule is CCOC(=O)CN(C(C)C)C1CC(C)CCC1CN. The summed E-state index contributed by atoms with van der Waals surface area (Å²) in [6, 6.07) is 0.756. The molecule has 1 aliphatic carbocycles. The van der Waals surface area contributed by atoms with Gasteiger partial charge in [-0.25, -0.2) is 0 Å². The van der Waals surface area contributed by atoms with E-state index < -0.39 is 0 Å². The Morgan fingerprint density at radius 2 is 2.11 bits per heavy atom. The lowest BCUT2D eigenvalue weighted by Gasteiger charge is -2.43. The maximum atomic E-state index is 11.8. The van der Waals surface area contributed by atoms with Crippen molar-refractivity contribution in [3.8, 4) is 0 Å². The Morgan fingerprint density at radius 1 is 1.42 bits per heavy atom. The first-order valence-corrected chi connectivity index (χ1v) is 7.61. The van der Waals surface area contributed by atoms with Crippen LogP contribution in [0.25, 0.3) is 0 Å². The van der Waals surface area contributed by atoms with Crippen molar-refractivity contribution in [2.24, 2.45) is 17.6 Å². The molecule has 0 aromatic rings. The third-order valence-electron chi connectivity index (χ3n) is 4.23. The van der Waals surface area contributed by atoms with E-state index in [9.17, 15) is 4.79 Å². The van der Waals surface area contributed by atoms with E-state index in [1.165, 1.54) is 12.8 Å². The molecule has 4 heteroatoms. The second kappa shape index (κ2) is 7.85. The molecular weight excluding hydrogens is 240 g/mol. The largest absolute Gasteiger partial charge is 0.465 e. The van der Waals surface area contributed by atoms with Gasteiger partial charge in [0.05, 0.1) is 13.2 Å². The highest BCUT2D eigenvalue weighted by molar-refractivity contribution is 5.71. The lowest BCUT2D eigenvalue weighted by atomic mass is 9.78. The van der Waals surface area contributed by atoms with E-state index in [-0.39, 0.29) is 5.97 Å². The predicted octanol–water partition coefficient (Wildman–Crippen LogP) is 2.02. The minimum atomic E-state index is -0.120. The number of hydrogen-bond acceptors (Lipinski definition) is 4. The van der Waals surface area contributed by atoms with Gasteiger partial charge in [0.25, 0.3) is 0 Å². The summed E-state index contributed by atoms with van der Waals surface area (Å²) >= 11 is 0. The van der Waals surface area contributed by atoms with Crippen molar-refractivity contribution in [1.29, 1.82) is 0 Å². The quantitative estimate of drug-likeness (QED) is 0.750. The van der Waals surface area contributed by atoms with Crippen LogP contribution >= 0.6 is 0 Å². The van der Waals surface area contributed by atoms with Gasteiger partial charge in [0, 0.05) is 12.1 Å². The summed E-state index contributed by atoms with van der Waals surface area (Å²) < 4.78 is 5.10. The van der Waals surface area contributed by atoms with Crippen LogP contribution in [0.4, 0.5) is 0 Å². The molecule has 2 N–H and O–H groups in total. The van der Waals surface area contributed by atoms with Gasteiger partial charge < -0.3 is 10.5 Å². The van der Waals surface area contributed by atoms with Crippen molar-refractivity contribution in [3.05, 3.63) is 0 Å². The first kappa shape index (κ1) is 16.4. The van der Waals surface area contributed by atoms with E-state index >= 15 is 0 Å². The first-order chi connectivity index (χ1) is 8.99. The Bertz CT molecular complexity index is 281. The van der Waals surface area contributed by atoms with Gasteiger partial charge in [0.2, 0.25) is 0 Å². The average molecular weight is 270 g/mol. The van der Waals surface area contributed by atoms with Gasteiger partial charge in [-0.2, -0.15) is 0 Å². The number of rotatable bonds is 6. The van der Waals surface area contributed by atoms with Crippen LogP contribution in [-0.2, 0) is 9.53 Å². The van der Waals surface area contributed by atoms with E-state index in [1.807, 2.05) is 6.92 Å². The molecule has 0 amide bonds. The van der Waals surface area contributed by atoms with Gasteiger partial charge in [-0.3, -0.25) is 9.69 Å². The Labute approximate surface area is 117 Å². The van der Waals surface area contributed by atoms with Crippen molar-refractivity contribution in [2.75, 3.05) is 19.7 Å². The fourth-order valence-corrected chi connectivity index (χ4v) is 3.13. The molecule has 0 saturated heterocycles. The molecule has 1 fully saturated rings. The molecule has 0 bridgehead atoms. The number of hydrogen-bond donors (Lipinski definition) is 1. The molecule has 0 heterocycles. The van der Waals surface area contributed by atoms with Crippen LogP contribution in [0, 0.1) is 11.8 Å². The summed E-state index contributed by atoms with van der Waals surface area (Å²) in [5.74, 6) is 1.11. The fraction of sp³-hybridized carbons (Fsp3) is 0.933. The highest BCUT2D eigenvalue weighted by atomic mass is 16.5. The van der Waals surface area contributed by atoms with Gasteiger partial charge in [-0.15, -0.1) is 0 Å². The monoisotopic (exact) mass is 270 g/mol. The van der Waals surface area contributed by atoms with Crippen LogP contribution in [0.3, 0.4) is 0 Å². The number of ether oxygens (including phenoxy) is 1. The van der Waals surface area contributed by atoms with Gasteiger partial charge in [0.1, 0.15) is 0 Å². The zero-order valence-corrected chi connectivity index (χ0v) is 12.9. The average Bonchev–Trinajstić information content (AvgIpc) is 2.36. The normalized spacial score (nSPS) is 27.8. The molecule has 112 valence electrons. The van der Waals surface area contributed by atoms with Crippen molar-refractivity contribution < 1.29 is 9.53 Å². The molecule has 3 atom stereocenters. The molecule has 0 aromatic carbocycles. The number of carbonyl (C=O) groups is 1. The van der Waals surface area contributed by atoms with Crippen LogP contribution in [0.1, 0.15) is 47.0 Å². The lowest BCUT2D eigenvalue weighted by molar-refractivity contribution is -0.146. The van der Waals surface area contributed by atoms with Gasteiger partial charge >= 0.3 is 5.97 Å². The summed E-state index contributed by atoms with van der Waals surface area (Å²) in [4.78, 5) is 14.1. The molecule has 3 unspecified atom stereocenters. The van der Waals surface area contributed by atoms with Crippen LogP contribution in [-0.4, -0.2) is 42.6 Å². The molecule has 1 saturated carbocycles. The molecule has 1 aliphatic rings. The predicted molar refractivity (Wildman–Crippen MR) is 77.8 cm³/mol. The van der Waals surface area contributed by atoms with Crippen molar-refractivity contribution >= 4 is 5.97 Å². The van der Waals surface area contributed by atoms with Gasteiger partial charge in [0.15, 0.2) is 0 Å². The third-order valence-corrected chi connectivity index (χ3v) is 4.23. The number of nitrogens with zero attached hydrogens (tertiary/aromatic N) is 1. The Morgan fingerprint density at radius 3 is 2.63 bits per heavy atom. The second-order valence-electron chi connectivity index (χ2n) is 6.05. The minimum absolute atomic E-state index is 0.120. The maximum Gasteiger partial charge on any atom is 0.320 e. The highest BCUT2D eigenvalue weighted by Gasteiger charge is 2.34. The highest BCUT2D eigenvalue weighted by Crippen LogP contribution is 2.32. The first-order valence-electron chi connectivity index (χ1n) is 7.61. The van der Waals surface area contributed by atoms with Crippen molar-refractivity contribution in [1.82, 2.24) is 4.90 Å². The Hall–Kier alpha value is -0.610. The number of carbonyl (C=O) groups excluding carboxylic acids is 1. The molecule has 0 spiro atoms. The molecule has 0 aliphatic heterocycles. The molecule has 19 heavy (non-hydrogen) atoms. The summed E-state index contributed by atoms with van der Waals surface area (Å²) in [5.41, 5.74) is 5.92. The zero-order chi connectivity index (χ0) is 14.4. The van der Waals surface area contributed by atoms with Gasteiger partial charge in [-0.1, -0.05) is 13.3 Å². The minimum Gasteiger partial charge on any atom is -0.465 e. The molecule has 1 rings (SSSR count). The van der Waals surface area contributed by atoms with Crippen LogP contribution in [0.15, 0.2) is 0 Å². The number of nitrogens with two attached hydrogens (primary N) is 1. The van der Waals surface area contributed by atoms with E-state index in [0.717, 1.165) is 12.3 Å². The van der Waals surface area contributed by atoms with Gasteiger partial charge in [-0.05, 0) is 52.0 Å². The molecule has 0 aromatic heterocycles. The topological polar surface area (TPSA) is 55.6 Å². The zero-order valence-electron chi connectivity index (χ0n) is 12.9. The van der Waals surface area contributed by atoms with Crippen LogP contribution < -0.4 is 5.73 Å². The molecular formula is C15H30N2O2. The third kappa shape index (κ3) is 4.77. The summed E-state index contributed by atoms with van der Waals surface area (Å²) in [5, 5.41) is 0. The Kier molecular flexibility index (Phi) is 6.80. The maximum absolute atomic E-state index is 11.8. The van der Waals surface area contributed by atoms with Crippen LogP contribution in [0.5, 0.6) is 0 Å². The van der Waals surface area contributed by atoms with E-state index in [0.29, 0.717) is 37.7 Å². The van der Waals surface area contributed by atoms with Crippen molar-refractivity contribution in [2.45, 2.75) is 59.0 Å². The lowest BCUT2D eigenvalue weighted by Crippen LogP contribution is -2.51. The van der Waals surface area contributed by atoms with Crippen molar-refractivity contribution in [3.63, 3.8) is 0 Å². The molecule has 4 nitrogen and oxygen atoms in total. The standard InChI is InChI=1S/C15H30N2O2/c1-5-19-15(18)10-17(11(2)3)14-8-12(4)6-7-13(14)9-16/h11-14H,5-10,16H2,1-4H3. The summed E-state index contributed by atoms with van der Waals surface area (Å²) in [6.45, 7) is 9.98.